The fourth-order valence-corrected chi connectivity index (χ4v) is 4.97. The number of amidine groups is 1. The molecule has 0 amide bonds. The minimum atomic E-state index is -0.426. The van der Waals surface area contributed by atoms with Crippen LogP contribution >= 0.6 is 23.5 Å². The smallest absolute Gasteiger partial charge is 0.469 e. The van der Waals surface area contributed by atoms with Crippen LogP contribution in [-0.2, 0) is 4.74 Å². The zero-order chi connectivity index (χ0) is 15.2. The summed E-state index contributed by atoms with van der Waals surface area (Å²) in [7, 11) is 1.79. The lowest BCUT2D eigenvalue weighted by atomic mass is 10.1. The molecule has 1 aromatic carbocycles. The number of hydrogen-bond donors (Lipinski definition) is 1. The van der Waals surface area contributed by atoms with E-state index in [9.17, 15) is 0 Å². The number of nitrogens with zero attached hydrogens (tertiary/aromatic N) is 4. The van der Waals surface area contributed by atoms with Crippen LogP contribution in [0.5, 0.6) is 0 Å². The Bertz CT molecular complexity index is 756. The molecule has 0 aromatic heterocycles. The first kappa shape index (κ1) is 13.8. The summed E-state index contributed by atoms with van der Waals surface area (Å²) in [6.07, 6.45) is 2.04. The van der Waals surface area contributed by atoms with Crippen molar-refractivity contribution in [1.82, 2.24) is 5.43 Å². The van der Waals surface area contributed by atoms with Gasteiger partial charge >= 0.3 is 15.3 Å². The first-order valence-electron chi connectivity index (χ1n) is 6.96. The first-order chi connectivity index (χ1) is 10.8. The van der Waals surface area contributed by atoms with Gasteiger partial charge in [-0.2, -0.15) is 0 Å². The maximum absolute atomic E-state index is 5.59. The van der Waals surface area contributed by atoms with E-state index >= 15 is 0 Å². The molecule has 3 aliphatic heterocycles. The number of hydrogen-bond acceptors (Lipinski definition) is 5. The molecule has 1 saturated heterocycles. The van der Waals surface area contributed by atoms with Gasteiger partial charge in [-0.3, -0.25) is 4.99 Å². The highest BCUT2D eigenvalue weighted by Crippen LogP contribution is 2.49. The normalized spacial score (nSPS) is 27.5. The molecule has 1 atom stereocenters. The van der Waals surface area contributed by atoms with E-state index in [0.29, 0.717) is 11.8 Å². The number of ether oxygens (including phenoxy) is 1. The Balaban J connectivity index is 1.83. The Morgan fingerprint density at radius 3 is 2.86 bits per heavy atom. The van der Waals surface area contributed by atoms with Crippen LogP contribution in [0.1, 0.15) is 12.5 Å². The van der Waals surface area contributed by atoms with Gasteiger partial charge in [0.25, 0.3) is 6.21 Å². The summed E-state index contributed by atoms with van der Waals surface area (Å²) in [5.41, 5.74) is 5.57. The van der Waals surface area contributed by atoms with E-state index in [1.54, 1.807) is 30.6 Å². The van der Waals surface area contributed by atoms with Crippen LogP contribution in [0, 0.1) is 0 Å². The Labute approximate surface area is 136 Å². The van der Waals surface area contributed by atoms with Crippen molar-refractivity contribution < 1.29 is 14.1 Å². The monoisotopic (exact) mass is 333 g/mol. The van der Waals surface area contributed by atoms with Crippen molar-refractivity contribution in [2.75, 3.05) is 13.7 Å². The van der Waals surface area contributed by atoms with E-state index in [-0.39, 0.29) is 0 Å². The van der Waals surface area contributed by atoms with Crippen molar-refractivity contribution in [1.29, 1.82) is 0 Å². The Kier molecular flexibility index (Phi) is 3.23. The topological polar surface area (TPSA) is 52.0 Å². The molecule has 0 aliphatic carbocycles. The van der Waals surface area contributed by atoms with Crippen molar-refractivity contribution >= 4 is 45.8 Å². The highest BCUT2D eigenvalue weighted by molar-refractivity contribution is 8.30. The van der Waals surface area contributed by atoms with Crippen LogP contribution in [0.4, 0.5) is 0 Å². The summed E-state index contributed by atoms with van der Waals surface area (Å²) in [5, 5.41) is 6.12. The lowest BCUT2D eigenvalue weighted by Crippen LogP contribution is -2.40. The van der Waals surface area contributed by atoms with Crippen molar-refractivity contribution in [3.05, 3.63) is 35.9 Å². The number of thioether (sulfide) groups is 2. The predicted molar refractivity (Wildman–Crippen MR) is 90.6 cm³/mol. The van der Waals surface area contributed by atoms with E-state index in [4.69, 9.17) is 4.74 Å². The third-order valence-corrected chi connectivity index (χ3v) is 6.06. The average molecular weight is 333 g/mol. The Morgan fingerprint density at radius 1 is 1.32 bits per heavy atom. The highest BCUT2D eigenvalue weighted by atomic mass is 32.2. The van der Waals surface area contributed by atoms with E-state index < -0.39 is 4.33 Å². The number of hydrazine groups is 1. The number of rotatable bonds is 2. The highest BCUT2D eigenvalue weighted by Gasteiger charge is 2.73. The zero-order valence-electron chi connectivity index (χ0n) is 12.2. The molecule has 0 bridgehead atoms. The summed E-state index contributed by atoms with van der Waals surface area (Å²) in [4.78, 5) is 4.29. The van der Waals surface area contributed by atoms with Crippen LogP contribution in [0.15, 0.2) is 40.4 Å². The molecule has 3 aliphatic rings. The quantitative estimate of drug-likeness (QED) is 0.833. The van der Waals surface area contributed by atoms with Crippen molar-refractivity contribution in [2.45, 2.75) is 11.3 Å². The molecular weight excluding hydrogens is 318 g/mol. The standard InChI is InChI=1S/C14H14N5OS2/c1-3-20-13-17-18-9-11(10-7-5-4-6-8-10)19-14(18,22-13)21-12(15-2)16-19/h4-9H,3H2,1-2H3/q+1/p+1. The minimum absolute atomic E-state index is 0.426. The fourth-order valence-electron chi connectivity index (χ4n) is 2.49. The van der Waals surface area contributed by atoms with E-state index in [1.165, 1.54) is 0 Å². The van der Waals surface area contributed by atoms with Crippen LogP contribution in [0.3, 0.4) is 0 Å². The summed E-state index contributed by atoms with van der Waals surface area (Å²) >= 11 is 3.22. The number of hydrazone groups is 2. The molecule has 1 aromatic rings. The van der Waals surface area contributed by atoms with Gasteiger partial charge in [0.05, 0.1) is 29.0 Å². The van der Waals surface area contributed by atoms with Crippen molar-refractivity contribution in [3.8, 4) is 0 Å². The van der Waals surface area contributed by atoms with Gasteiger partial charge in [0.2, 0.25) is 5.17 Å². The van der Waals surface area contributed by atoms with Gasteiger partial charge in [0, 0.05) is 11.7 Å². The minimum Gasteiger partial charge on any atom is -0.469 e. The number of benzene rings is 1. The molecule has 4 rings (SSSR count). The molecule has 1 unspecified atom stereocenters. The van der Waals surface area contributed by atoms with Gasteiger partial charge in [-0.05, 0) is 23.7 Å². The second-order valence-corrected chi connectivity index (χ2v) is 7.29. The third-order valence-electron chi connectivity index (χ3n) is 3.44. The van der Waals surface area contributed by atoms with Gasteiger partial charge in [0.15, 0.2) is 0 Å². The SMILES string of the molecule is CCOC1=N[N+]2=CC(c3ccccc3)=[N+]3NC(=NC)SC23S1. The summed E-state index contributed by atoms with van der Waals surface area (Å²) in [6.45, 7) is 2.57. The van der Waals surface area contributed by atoms with Gasteiger partial charge in [-0.25, -0.2) is 0 Å². The average Bonchev–Trinajstić information content (AvgIpc) is 3.14. The molecule has 0 radical (unpaired) electrons. The molecule has 1 N–H and O–H groups in total. The van der Waals surface area contributed by atoms with E-state index in [0.717, 1.165) is 16.4 Å². The van der Waals surface area contributed by atoms with Crippen LogP contribution in [-0.4, -0.2) is 49.7 Å². The summed E-state index contributed by atoms with van der Waals surface area (Å²) in [5.74, 6) is 0. The lowest BCUT2D eigenvalue weighted by Gasteiger charge is -2.03. The van der Waals surface area contributed by atoms with Crippen molar-refractivity contribution in [3.63, 3.8) is 0 Å². The molecule has 8 heteroatoms. The largest absolute Gasteiger partial charge is 0.522 e. The Hall–Kier alpha value is -1.80. The first-order valence-corrected chi connectivity index (χ1v) is 8.60. The molecular formula is C14H15N5OS2+2. The van der Waals surface area contributed by atoms with Gasteiger partial charge in [-0.15, -0.1) is 5.43 Å². The second-order valence-electron chi connectivity index (χ2n) is 4.75. The van der Waals surface area contributed by atoms with Gasteiger partial charge < -0.3 is 4.74 Å². The van der Waals surface area contributed by atoms with E-state index in [2.05, 4.69) is 32.3 Å². The summed E-state index contributed by atoms with van der Waals surface area (Å²) in [6, 6.07) is 10.3. The van der Waals surface area contributed by atoms with Gasteiger partial charge in [0.1, 0.15) is 11.8 Å². The predicted octanol–water partition coefficient (Wildman–Crippen LogP) is 1.49. The summed E-state index contributed by atoms with van der Waals surface area (Å²) < 4.78 is 9.21. The maximum atomic E-state index is 5.59. The zero-order valence-corrected chi connectivity index (χ0v) is 13.8. The maximum Gasteiger partial charge on any atom is 0.522 e. The molecule has 22 heavy (non-hydrogen) atoms. The van der Waals surface area contributed by atoms with Crippen molar-refractivity contribution in [2.24, 2.45) is 10.1 Å². The molecule has 3 heterocycles. The van der Waals surface area contributed by atoms with Crippen LogP contribution < -0.4 is 5.43 Å². The molecule has 112 valence electrons. The molecule has 6 nitrogen and oxygen atoms in total. The molecule has 0 saturated carbocycles. The van der Waals surface area contributed by atoms with Gasteiger partial charge in [-0.1, -0.05) is 18.2 Å². The molecule has 1 fully saturated rings. The van der Waals surface area contributed by atoms with E-state index in [1.807, 2.05) is 36.0 Å². The lowest BCUT2D eigenvalue weighted by molar-refractivity contribution is -0.765. The number of aliphatic imine (C=N–C) groups is 1. The van der Waals surface area contributed by atoms with Crippen LogP contribution in [0.2, 0.25) is 0 Å². The molecule has 1 spiro atoms. The fraction of sp³-hybridized carbons (Fsp3) is 0.286. The number of nitrogens with one attached hydrogen (secondary N) is 1. The van der Waals surface area contributed by atoms with Crippen LogP contribution in [0.25, 0.3) is 0 Å². The Morgan fingerprint density at radius 2 is 2.14 bits per heavy atom. The third kappa shape index (κ3) is 1.90. The second kappa shape index (κ2) is 5.13.